The van der Waals surface area contributed by atoms with Gasteiger partial charge < -0.3 is 0 Å². The van der Waals surface area contributed by atoms with Gasteiger partial charge in [0.1, 0.15) is 11.4 Å². The summed E-state index contributed by atoms with van der Waals surface area (Å²) in [6.07, 6.45) is 0. The van der Waals surface area contributed by atoms with Crippen LogP contribution in [0.4, 0.5) is 5.69 Å². The van der Waals surface area contributed by atoms with Crippen LogP contribution in [0.15, 0.2) is 0 Å². The molecule has 0 aliphatic heterocycles. The van der Waals surface area contributed by atoms with Gasteiger partial charge in [0.2, 0.25) is 10.0 Å². The molecule has 0 bridgehead atoms. The topological polar surface area (TPSA) is 98.3 Å². The monoisotopic (exact) mass is 276 g/mol. The molecule has 1 rings (SSSR count). The van der Waals surface area contributed by atoms with Crippen LogP contribution in [0.3, 0.4) is 0 Å². The predicted octanol–water partition coefficient (Wildman–Crippen LogP) is 0.300. The van der Waals surface area contributed by atoms with Crippen LogP contribution >= 0.6 is 0 Å². The highest BCUT2D eigenvalue weighted by Gasteiger charge is 2.23. The van der Waals surface area contributed by atoms with Crippen molar-refractivity contribution in [2.45, 2.75) is 20.4 Å². The quantitative estimate of drug-likeness (QED) is 0.569. The number of sulfonamides is 1. The Hall–Kier alpha value is -1.48. The molecule has 102 valence electrons. The van der Waals surface area contributed by atoms with Gasteiger partial charge in [0, 0.05) is 14.1 Å². The molecule has 0 N–H and O–H groups in total. The summed E-state index contributed by atoms with van der Waals surface area (Å²) in [5.41, 5.74) is 0.600. The molecule has 0 aromatic carbocycles. The van der Waals surface area contributed by atoms with Crippen molar-refractivity contribution in [3.05, 3.63) is 21.5 Å². The number of hydrogen-bond donors (Lipinski definition) is 0. The van der Waals surface area contributed by atoms with Gasteiger partial charge in [-0.05, 0) is 13.8 Å². The van der Waals surface area contributed by atoms with Crippen LogP contribution in [0.1, 0.15) is 11.4 Å². The zero-order valence-electron chi connectivity index (χ0n) is 10.7. The molecule has 0 aliphatic rings. The summed E-state index contributed by atoms with van der Waals surface area (Å²) in [7, 11) is -0.447. The lowest BCUT2D eigenvalue weighted by Gasteiger charge is -2.11. The van der Waals surface area contributed by atoms with Crippen LogP contribution in [-0.4, -0.2) is 47.3 Å². The van der Waals surface area contributed by atoms with E-state index in [1.165, 1.54) is 25.7 Å². The van der Waals surface area contributed by atoms with E-state index >= 15 is 0 Å². The highest BCUT2D eigenvalue weighted by molar-refractivity contribution is 7.89. The fourth-order valence-corrected chi connectivity index (χ4v) is 2.32. The zero-order valence-corrected chi connectivity index (χ0v) is 11.6. The maximum atomic E-state index is 11.6. The summed E-state index contributed by atoms with van der Waals surface area (Å²) in [4.78, 5) is 10.3. The minimum absolute atomic E-state index is 0.0581. The molecule has 1 heterocycles. The van der Waals surface area contributed by atoms with Gasteiger partial charge in [0.25, 0.3) is 0 Å². The second-order valence-electron chi connectivity index (χ2n) is 4.10. The Labute approximate surface area is 105 Å². The highest BCUT2D eigenvalue weighted by Crippen LogP contribution is 2.21. The Morgan fingerprint density at radius 3 is 2.33 bits per heavy atom. The van der Waals surface area contributed by atoms with E-state index in [4.69, 9.17) is 0 Å². The Bertz CT molecular complexity index is 561. The van der Waals surface area contributed by atoms with Crippen LogP contribution in [0.2, 0.25) is 0 Å². The molecule has 1 aromatic heterocycles. The third-order valence-corrected chi connectivity index (χ3v) is 4.45. The molecule has 0 radical (unpaired) electrons. The van der Waals surface area contributed by atoms with E-state index in [1.807, 2.05) is 0 Å². The van der Waals surface area contributed by atoms with Crippen molar-refractivity contribution in [1.82, 2.24) is 14.1 Å². The normalized spacial score (nSPS) is 12.1. The molecule has 18 heavy (non-hydrogen) atoms. The first-order chi connectivity index (χ1) is 8.16. The standard InChI is InChI=1S/C9H16N4O4S/c1-7-9(13(14)15)8(2)12(10-7)5-6-18(16,17)11(3)4/h5-6H2,1-4H3. The predicted molar refractivity (Wildman–Crippen MR) is 65.8 cm³/mol. The molecular formula is C9H16N4O4S. The molecule has 0 saturated carbocycles. The number of aromatic nitrogens is 2. The van der Waals surface area contributed by atoms with Crippen molar-refractivity contribution >= 4 is 15.7 Å². The van der Waals surface area contributed by atoms with Gasteiger partial charge in [-0.2, -0.15) is 5.10 Å². The van der Waals surface area contributed by atoms with E-state index in [9.17, 15) is 18.5 Å². The van der Waals surface area contributed by atoms with Crippen LogP contribution < -0.4 is 0 Å². The smallest absolute Gasteiger partial charge is 0.261 e. The molecule has 1 aromatic rings. The SMILES string of the molecule is Cc1nn(CCS(=O)(=O)N(C)C)c(C)c1[N+](=O)[O-]. The zero-order chi connectivity index (χ0) is 14.1. The summed E-state index contributed by atoms with van der Waals surface area (Å²) < 4.78 is 25.7. The van der Waals surface area contributed by atoms with Gasteiger partial charge in [-0.1, -0.05) is 0 Å². The van der Waals surface area contributed by atoms with Gasteiger partial charge in [-0.3, -0.25) is 14.8 Å². The minimum Gasteiger partial charge on any atom is -0.261 e. The molecule has 9 heteroatoms. The van der Waals surface area contributed by atoms with Crippen molar-refractivity contribution in [3.8, 4) is 0 Å². The van der Waals surface area contributed by atoms with E-state index in [2.05, 4.69) is 5.10 Å². The Morgan fingerprint density at radius 2 is 1.94 bits per heavy atom. The summed E-state index contributed by atoms with van der Waals surface area (Å²) in [6.45, 7) is 3.18. The molecule has 0 aliphatic carbocycles. The third-order valence-electron chi connectivity index (χ3n) is 2.64. The molecule has 0 saturated heterocycles. The molecule has 0 unspecified atom stereocenters. The number of rotatable bonds is 5. The maximum Gasteiger partial charge on any atom is 0.312 e. The van der Waals surface area contributed by atoms with Crippen molar-refractivity contribution in [2.75, 3.05) is 19.8 Å². The van der Waals surface area contributed by atoms with Crippen molar-refractivity contribution in [3.63, 3.8) is 0 Å². The molecule has 0 spiro atoms. The van der Waals surface area contributed by atoms with Crippen molar-refractivity contribution < 1.29 is 13.3 Å². The first-order valence-electron chi connectivity index (χ1n) is 5.25. The fourth-order valence-electron chi connectivity index (χ4n) is 1.55. The molecular weight excluding hydrogens is 260 g/mol. The summed E-state index contributed by atoms with van der Waals surface area (Å²) in [5.74, 6) is -0.140. The van der Waals surface area contributed by atoms with Gasteiger partial charge in [-0.25, -0.2) is 12.7 Å². The molecule has 8 nitrogen and oxygen atoms in total. The second-order valence-corrected chi connectivity index (χ2v) is 6.40. The van der Waals surface area contributed by atoms with Crippen LogP contribution in [0.5, 0.6) is 0 Å². The van der Waals surface area contributed by atoms with Crippen LogP contribution in [0, 0.1) is 24.0 Å². The fraction of sp³-hybridized carbons (Fsp3) is 0.667. The number of aryl methyl sites for hydroxylation is 2. The van der Waals surface area contributed by atoms with Gasteiger partial charge in [0.15, 0.2) is 0 Å². The van der Waals surface area contributed by atoms with Gasteiger partial charge in [0.05, 0.1) is 17.2 Å². The van der Waals surface area contributed by atoms with Crippen molar-refractivity contribution in [1.29, 1.82) is 0 Å². The third kappa shape index (κ3) is 2.85. The maximum absolute atomic E-state index is 11.6. The molecule has 0 fully saturated rings. The summed E-state index contributed by atoms with van der Waals surface area (Å²) in [5, 5.41) is 14.8. The summed E-state index contributed by atoms with van der Waals surface area (Å²) >= 11 is 0. The lowest BCUT2D eigenvalue weighted by molar-refractivity contribution is -0.386. The number of nitro groups is 1. The van der Waals surface area contributed by atoms with E-state index in [-0.39, 0.29) is 18.0 Å². The lowest BCUT2D eigenvalue weighted by atomic mass is 10.3. The lowest BCUT2D eigenvalue weighted by Crippen LogP contribution is -2.27. The largest absolute Gasteiger partial charge is 0.312 e. The van der Waals surface area contributed by atoms with E-state index < -0.39 is 14.9 Å². The molecule has 0 amide bonds. The second kappa shape index (κ2) is 5.02. The summed E-state index contributed by atoms with van der Waals surface area (Å²) in [6, 6.07) is 0. The number of nitrogens with zero attached hydrogens (tertiary/aromatic N) is 4. The Morgan fingerprint density at radius 1 is 1.39 bits per heavy atom. The Kier molecular flexibility index (Phi) is 4.07. The number of hydrogen-bond acceptors (Lipinski definition) is 5. The van der Waals surface area contributed by atoms with Gasteiger partial charge >= 0.3 is 5.69 Å². The van der Waals surface area contributed by atoms with Crippen LogP contribution in [0.25, 0.3) is 0 Å². The van der Waals surface area contributed by atoms with E-state index in [1.54, 1.807) is 6.92 Å². The van der Waals surface area contributed by atoms with E-state index in [0.717, 1.165) is 4.31 Å². The van der Waals surface area contributed by atoms with E-state index in [0.29, 0.717) is 11.4 Å². The van der Waals surface area contributed by atoms with Crippen molar-refractivity contribution in [2.24, 2.45) is 0 Å². The first kappa shape index (κ1) is 14.6. The first-order valence-corrected chi connectivity index (χ1v) is 6.86. The Balaban J connectivity index is 2.95. The van der Waals surface area contributed by atoms with Gasteiger partial charge in [-0.15, -0.1) is 0 Å². The molecule has 0 atom stereocenters. The highest BCUT2D eigenvalue weighted by atomic mass is 32.2. The average Bonchev–Trinajstić information content (AvgIpc) is 2.50. The average molecular weight is 276 g/mol. The minimum atomic E-state index is -3.33. The van der Waals surface area contributed by atoms with Crippen LogP contribution in [-0.2, 0) is 16.6 Å².